The normalized spacial score (nSPS) is 11.1. The van der Waals surface area contributed by atoms with Crippen LogP contribution in [0.15, 0.2) is 18.2 Å². The van der Waals surface area contributed by atoms with Crippen molar-refractivity contribution in [1.82, 2.24) is 0 Å². The molecule has 0 aromatic heterocycles. The third kappa shape index (κ3) is 3.92. The zero-order chi connectivity index (χ0) is 13.7. The maximum absolute atomic E-state index is 9.06. The molecule has 0 fully saturated rings. The van der Waals surface area contributed by atoms with Crippen molar-refractivity contribution in [2.75, 3.05) is 11.9 Å². The smallest absolute Gasteiger partial charge is 0.101 e. The molecule has 0 amide bonds. The summed E-state index contributed by atoms with van der Waals surface area (Å²) in [7, 11) is 0. The van der Waals surface area contributed by atoms with Crippen LogP contribution in [0, 0.1) is 29.1 Å². The van der Waals surface area contributed by atoms with Crippen LogP contribution in [0.25, 0.3) is 0 Å². The highest BCUT2D eigenvalue weighted by Crippen LogP contribution is 2.24. The van der Waals surface area contributed by atoms with Crippen LogP contribution in [-0.2, 0) is 0 Å². The van der Waals surface area contributed by atoms with Gasteiger partial charge in [-0.3, -0.25) is 0 Å². The van der Waals surface area contributed by atoms with Gasteiger partial charge in [-0.05, 0) is 36.0 Å². The summed E-state index contributed by atoms with van der Waals surface area (Å²) in [5.41, 5.74) is 1.47. The van der Waals surface area contributed by atoms with Crippen LogP contribution in [0.2, 0.25) is 5.02 Å². The van der Waals surface area contributed by atoms with Gasteiger partial charge >= 0.3 is 0 Å². The maximum atomic E-state index is 9.06. The van der Waals surface area contributed by atoms with Crippen molar-refractivity contribution in [2.45, 2.75) is 27.7 Å². The first-order valence-corrected chi connectivity index (χ1v) is 6.77. The molecule has 0 bridgehead atoms. The van der Waals surface area contributed by atoms with Gasteiger partial charge in [0.05, 0.1) is 11.3 Å². The molecule has 0 saturated heterocycles. The number of halogens is 1. The standard InChI is InChI=1S/C15H21ClN2/c1-10(2)14(11(3)4)9-18-15-7-13(16)6-5-12(15)8-17/h5-7,10-11,14,18H,9H2,1-4H3. The molecule has 0 saturated carbocycles. The highest BCUT2D eigenvalue weighted by atomic mass is 35.5. The zero-order valence-electron chi connectivity index (χ0n) is 11.5. The van der Waals surface area contributed by atoms with E-state index in [1.54, 1.807) is 12.1 Å². The molecule has 0 radical (unpaired) electrons. The minimum Gasteiger partial charge on any atom is -0.384 e. The summed E-state index contributed by atoms with van der Waals surface area (Å²) in [4.78, 5) is 0. The third-order valence-electron chi connectivity index (χ3n) is 3.34. The van der Waals surface area contributed by atoms with Crippen molar-refractivity contribution >= 4 is 17.3 Å². The highest BCUT2D eigenvalue weighted by molar-refractivity contribution is 6.30. The Morgan fingerprint density at radius 2 is 1.83 bits per heavy atom. The van der Waals surface area contributed by atoms with E-state index in [2.05, 4.69) is 39.1 Å². The Morgan fingerprint density at radius 1 is 1.22 bits per heavy atom. The van der Waals surface area contributed by atoms with E-state index in [1.165, 1.54) is 0 Å². The number of benzene rings is 1. The van der Waals surface area contributed by atoms with Crippen LogP contribution in [0.3, 0.4) is 0 Å². The number of nitriles is 1. The van der Waals surface area contributed by atoms with Gasteiger partial charge in [0.2, 0.25) is 0 Å². The SMILES string of the molecule is CC(C)C(CNc1cc(Cl)ccc1C#N)C(C)C. The van der Waals surface area contributed by atoms with E-state index in [0.29, 0.717) is 28.3 Å². The summed E-state index contributed by atoms with van der Waals surface area (Å²) in [6, 6.07) is 7.50. The first-order valence-electron chi connectivity index (χ1n) is 6.39. The first-order chi connectivity index (χ1) is 8.45. The predicted molar refractivity (Wildman–Crippen MR) is 77.8 cm³/mol. The summed E-state index contributed by atoms with van der Waals surface area (Å²) >= 11 is 5.96. The van der Waals surface area contributed by atoms with Crippen molar-refractivity contribution in [2.24, 2.45) is 17.8 Å². The zero-order valence-corrected chi connectivity index (χ0v) is 12.3. The van der Waals surface area contributed by atoms with E-state index in [0.717, 1.165) is 12.2 Å². The summed E-state index contributed by atoms with van der Waals surface area (Å²) in [6.07, 6.45) is 0. The van der Waals surface area contributed by atoms with E-state index < -0.39 is 0 Å². The van der Waals surface area contributed by atoms with Gasteiger partial charge < -0.3 is 5.32 Å². The Morgan fingerprint density at radius 3 is 2.33 bits per heavy atom. The highest BCUT2D eigenvalue weighted by Gasteiger charge is 2.17. The molecule has 0 aliphatic carbocycles. The molecule has 18 heavy (non-hydrogen) atoms. The lowest BCUT2D eigenvalue weighted by molar-refractivity contribution is 0.304. The van der Waals surface area contributed by atoms with Crippen molar-refractivity contribution in [3.8, 4) is 6.07 Å². The van der Waals surface area contributed by atoms with Crippen LogP contribution in [0.1, 0.15) is 33.3 Å². The number of nitrogens with one attached hydrogen (secondary N) is 1. The Kier molecular flexibility index (Phi) is 5.50. The second-order valence-corrected chi connectivity index (χ2v) is 5.77. The Balaban J connectivity index is 2.79. The molecule has 98 valence electrons. The average molecular weight is 265 g/mol. The molecule has 1 aromatic rings. The van der Waals surface area contributed by atoms with Gasteiger partial charge in [-0.2, -0.15) is 5.26 Å². The fraction of sp³-hybridized carbons (Fsp3) is 0.533. The minimum absolute atomic E-state index is 0.579. The first kappa shape index (κ1) is 14.9. The van der Waals surface area contributed by atoms with Crippen LogP contribution in [-0.4, -0.2) is 6.54 Å². The lowest BCUT2D eigenvalue weighted by Gasteiger charge is -2.25. The average Bonchev–Trinajstić information content (AvgIpc) is 2.28. The maximum Gasteiger partial charge on any atom is 0.101 e. The van der Waals surface area contributed by atoms with Gasteiger partial charge in [0, 0.05) is 11.6 Å². The molecule has 0 heterocycles. The van der Waals surface area contributed by atoms with Gasteiger partial charge in [-0.25, -0.2) is 0 Å². The summed E-state index contributed by atoms with van der Waals surface area (Å²) < 4.78 is 0. The molecular formula is C15H21ClN2. The van der Waals surface area contributed by atoms with E-state index in [9.17, 15) is 0 Å². The fourth-order valence-corrected chi connectivity index (χ4v) is 2.40. The van der Waals surface area contributed by atoms with Gasteiger partial charge in [0.15, 0.2) is 0 Å². The van der Waals surface area contributed by atoms with Crippen molar-refractivity contribution < 1.29 is 0 Å². The van der Waals surface area contributed by atoms with Crippen LogP contribution in [0.4, 0.5) is 5.69 Å². The Hall–Kier alpha value is -1.20. The second kappa shape index (κ2) is 6.66. The molecule has 0 spiro atoms. The minimum atomic E-state index is 0.579. The molecule has 0 atom stereocenters. The lowest BCUT2D eigenvalue weighted by atomic mass is 9.85. The quantitative estimate of drug-likeness (QED) is 0.847. The largest absolute Gasteiger partial charge is 0.384 e. The molecular weight excluding hydrogens is 244 g/mol. The number of nitrogens with zero attached hydrogens (tertiary/aromatic N) is 1. The molecule has 3 heteroatoms. The Labute approximate surface area is 115 Å². The van der Waals surface area contributed by atoms with E-state index >= 15 is 0 Å². The second-order valence-electron chi connectivity index (χ2n) is 5.33. The lowest BCUT2D eigenvalue weighted by Crippen LogP contribution is -2.24. The van der Waals surface area contributed by atoms with Crippen LogP contribution in [0.5, 0.6) is 0 Å². The Bertz CT molecular complexity index is 425. The molecule has 0 aliphatic heterocycles. The summed E-state index contributed by atoms with van der Waals surface area (Å²) in [5, 5.41) is 13.1. The van der Waals surface area contributed by atoms with Gasteiger partial charge in [0.1, 0.15) is 6.07 Å². The third-order valence-corrected chi connectivity index (χ3v) is 3.58. The molecule has 2 nitrogen and oxygen atoms in total. The van der Waals surface area contributed by atoms with Crippen molar-refractivity contribution in [1.29, 1.82) is 5.26 Å². The van der Waals surface area contributed by atoms with Crippen LogP contribution < -0.4 is 5.32 Å². The van der Waals surface area contributed by atoms with Crippen molar-refractivity contribution in [3.63, 3.8) is 0 Å². The van der Waals surface area contributed by atoms with Gasteiger partial charge in [-0.15, -0.1) is 0 Å². The summed E-state index contributed by atoms with van der Waals surface area (Å²) in [6.45, 7) is 9.79. The molecule has 1 aromatic carbocycles. The molecule has 1 rings (SSSR count). The molecule has 0 aliphatic rings. The van der Waals surface area contributed by atoms with Crippen molar-refractivity contribution in [3.05, 3.63) is 28.8 Å². The number of anilines is 1. The van der Waals surface area contributed by atoms with Gasteiger partial charge in [0.25, 0.3) is 0 Å². The topological polar surface area (TPSA) is 35.8 Å². The van der Waals surface area contributed by atoms with E-state index in [-0.39, 0.29) is 0 Å². The molecule has 1 N–H and O–H groups in total. The molecule has 0 unspecified atom stereocenters. The summed E-state index contributed by atoms with van der Waals surface area (Å²) in [5.74, 6) is 1.81. The fourth-order valence-electron chi connectivity index (χ4n) is 2.23. The van der Waals surface area contributed by atoms with Gasteiger partial charge in [-0.1, -0.05) is 39.3 Å². The number of hydrogen-bond donors (Lipinski definition) is 1. The van der Waals surface area contributed by atoms with Crippen LogP contribution >= 0.6 is 11.6 Å². The predicted octanol–water partition coefficient (Wildman–Crippen LogP) is 4.55. The van der Waals surface area contributed by atoms with E-state index in [1.807, 2.05) is 6.07 Å². The number of hydrogen-bond acceptors (Lipinski definition) is 2. The number of rotatable bonds is 5. The monoisotopic (exact) mass is 264 g/mol. The van der Waals surface area contributed by atoms with E-state index in [4.69, 9.17) is 16.9 Å².